The zero-order valence-corrected chi connectivity index (χ0v) is 10.9. The molecule has 1 aromatic heterocycles. The number of alkyl halides is 3. The van der Waals surface area contributed by atoms with Crippen LogP contribution in [0.5, 0.6) is 0 Å². The van der Waals surface area contributed by atoms with Crippen molar-refractivity contribution in [2.75, 3.05) is 24.5 Å². The molecule has 0 aliphatic carbocycles. The first-order valence-corrected chi connectivity index (χ1v) is 6.53. The minimum atomic E-state index is -4.32. The summed E-state index contributed by atoms with van der Waals surface area (Å²) < 4.78 is 38.2. The van der Waals surface area contributed by atoms with Crippen LogP contribution in [0.25, 0.3) is 0 Å². The highest BCUT2D eigenvalue weighted by Crippen LogP contribution is 2.31. The summed E-state index contributed by atoms with van der Waals surface area (Å²) in [6, 6.07) is 2.39. The average molecular weight is 273 g/mol. The molecule has 1 fully saturated rings. The molecule has 1 aromatic rings. The van der Waals surface area contributed by atoms with E-state index in [0.717, 1.165) is 44.6 Å². The molecule has 106 valence electrons. The monoisotopic (exact) mass is 273 g/mol. The van der Waals surface area contributed by atoms with Gasteiger partial charge < -0.3 is 10.2 Å². The van der Waals surface area contributed by atoms with Crippen LogP contribution in [0.1, 0.15) is 25.3 Å². The number of hydrogen-bond donors (Lipinski definition) is 1. The molecule has 6 heteroatoms. The zero-order valence-electron chi connectivity index (χ0n) is 10.9. The molecule has 0 radical (unpaired) electrons. The third-order valence-corrected chi connectivity index (χ3v) is 3.31. The standard InChI is InChI=1S/C13H18F3N3/c1-2-7-19(11-4-5-17-9-11)12-8-10(3-6-18-12)13(14,15)16/h3,6,8,11,17H,2,4-5,7,9H2,1H3. The first kappa shape index (κ1) is 14.1. The minimum Gasteiger partial charge on any atom is -0.352 e. The fourth-order valence-electron chi connectivity index (χ4n) is 2.38. The Morgan fingerprint density at radius 1 is 1.47 bits per heavy atom. The lowest BCUT2D eigenvalue weighted by Gasteiger charge is -2.29. The number of hydrogen-bond acceptors (Lipinski definition) is 3. The summed E-state index contributed by atoms with van der Waals surface area (Å²) in [5, 5.41) is 3.23. The molecule has 1 atom stereocenters. The first-order chi connectivity index (χ1) is 9.02. The first-order valence-electron chi connectivity index (χ1n) is 6.53. The summed E-state index contributed by atoms with van der Waals surface area (Å²) in [5.74, 6) is 0.422. The van der Waals surface area contributed by atoms with E-state index in [-0.39, 0.29) is 6.04 Å². The fourth-order valence-corrected chi connectivity index (χ4v) is 2.38. The van der Waals surface area contributed by atoms with Crippen molar-refractivity contribution in [2.24, 2.45) is 0 Å². The molecule has 2 rings (SSSR count). The van der Waals surface area contributed by atoms with Crippen molar-refractivity contribution in [3.63, 3.8) is 0 Å². The van der Waals surface area contributed by atoms with Crippen molar-refractivity contribution >= 4 is 5.82 Å². The number of aromatic nitrogens is 1. The highest BCUT2D eigenvalue weighted by atomic mass is 19.4. The molecule has 0 saturated carbocycles. The molecule has 3 nitrogen and oxygen atoms in total. The molecular formula is C13H18F3N3. The minimum absolute atomic E-state index is 0.232. The Hall–Kier alpha value is -1.30. The van der Waals surface area contributed by atoms with Crippen molar-refractivity contribution in [1.29, 1.82) is 0 Å². The Labute approximate surface area is 110 Å². The van der Waals surface area contributed by atoms with Crippen molar-refractivity contribution in [1.82, 2.24) is 10.3 Å². The van der Waals surface area contributed by atoms with E-state index >= 15 is 0 Å². The molecular weight excluding hydrogens is 255 g/mol. The van der Waals surface area contributed by atoms with Crippen molar-refractivity contribution in [2.45, 2.75) is 32.0 Å². The van der Waals surface area contributed by atoms with Crippen molar-refractivity contribution in [3.8, 4) is 0 Å². The number of anilines is 1. The molecule has 0 aromatic carbocycles. The van der Waals surface area contributed by atoms with Crippen LogP contribution in [-0.4, -0.2) is 30.7 Å². The molecule has 1 aliphatic heterocycles. The average Bonchev–Trinajstić information content (AvgIpc) is 2.88. The lowest BCUT2D eigenvalue weighted by Crippen LogP contribution is -2.38. The normalized spacial score (nSPS) is 19.7. The van der Waals surface area contributed by atoms with E-state index in [9.17, 15) is 13.2 Å². The van der Waals surface area contributed by atoms with Gasteiger partial charge in [-0.1, -0.05) is 6.92 Å². The van der Waals surface area contributed by atoms with E-state index in [1.807, 2.05) is 11.8 Å². The summed E-state index contributed by atoms with van der Waals surface area (Å²) in [6.45, 7) is 4.45. The smallest absolute Gasteiger partial charge is 0.352 e. The molecule has 1 aliphatic rings. The van der Waals surface area contributed by atoms with E-state index in [4.69, 9.17) is 0 Å². The SMILES string of the molecule is CCCN(c1cc(C(F)(F)F)ccn1)C1CCNC1. The lowest BCUT2D eigenvalue weighted by atomic mass is 10.2. The van der Waals surface area contributed by atoms with Gasteiger partial charge in [0.25, 0.3) is 0 Å². The van der Waals surface area contributed by atoms with E-state index in [1.54, 1.807) is 0 Å². The van der Waals surface area contributed by atoms with Crippen molar-refractivity contribution < 1.29 is 13.2 Å². The Balaban J connectivity index is 2.25. The molecule has 1 unspecified atom stereocenters. The third-order valence-electron chi connectivity index (χ3n) is 3.31. The highest BCUT2D eigenvalue weighted by molar-refractivity contribution is 5.43. The molecule has 2 heterocycles. The van der Waals surface area contributed by atoms with Gasteiger partial charge >= 0.3 is 6.18 Å². The van der Waals surface area contributed by atoms with Crippen LogP contribution in [0.4, 0.5) is 19.0 Å². The van der Waals surface area contributed by atoms with Gasteiger partial charge in [-0.25, -0.2) is 4.98 Å². The quantitative estimate of drug-likeness (QED) is 0.914. The van der Waals surface area contributed by atoms with Crippen LogP contribution in [0, 0.1) is 0 Å². The Morgan fingerprint density at radius 2 is 2.26 bits per heavy atom. The number of halogens is 3. The Bertz CT molecular complexity index is 414. The maximum Gasteiger partial charge on any atom is 0.416 e. The van der Waals surface area contributed by atoms with Gasteiger partial charge in [0.1, 0.15) is 5.82 Å². The molecule has 0 bridgehead atoms. The lowest BCUT2D eigenvalue weighted by molar-refractivity contribution is -0.137. The topological polar surface area (TPSA) is 28.2 Å². The Morgan fingerprint density at radius 3 is 2.84 bits per heavy atom. The van der Waals surface area contributed by atoms with Crippen LogP contribution in [-0.2, 0) is 6.18 Å². The number of pyridine rings is 1. The highest BCUT2D eigenvalue weighted by Gasteiger charge is 2.32. The summed E-state index contributed by atoms with van der Waals surface area (Å²) in [7, 11) is 0. The van der Waals surface area contributed by atoms with Gasteiger partial charge in [-0.05, 0) is 31.5 Å². The van der Waals surface area contributed by atoms with E-state index in [2.05, 4.69) is 10.3 Å². The van der Waals surface area contributed by atoms with Gasteiger partial charge in [-0.2, -0.15) is 13.2 Å². The van der Waals surface area contributed by atoms with Gasteiger partial charge in [0, 0.05) is 25.3 Å². The number of nitrogens with one attached hydrogen (secondary N) is 1. The molecule has 1 saturated heterocycles. The zero-order chi connectivity index (χ0) is 13.9. The fraction of sp³-hybridized carbons (Fsp3) is 0.615. The maximum atomic E-state index is 12.7. The second-order valence-corrected chi connectivity index (χ2v) is 4.74. The van der Waals surface area contributed by atoms with Gasteiger partial charge in [0.05, 0.1) is 5.56 Å². The largest absolute Gasteiger partial charge is 0.416 e. The van der Waals surface area contributed by atoms with Crippen LogP contribution in [0.3, 0.4) is 0 Å². The van der Waals surface area contributed by atoms with Gasteiger partial charge in [-0.15, -0.1) is 0 Å². The van der Waals surface area contributed by atoms with E-state index < -0.39 is 11.7 Å². The maximum absolute atomic E-state index is 12.7. The number of nitrogens with zero attached hydrogens (tertiary/aromatic N) is 2. The number of rotatable bonds is 4. The molecule has 0 amide bonds. The summed E-state index contributed by atoms with van der Waals surface area (Å²) in [5.41, 5.74) is -0.635. The van der Waals surface area contributed by atoms with Crippen LogP contribution < -0.4 is 10.2 Å². The Kier molecular flexibility index (Phi) is 4.29. The van der Waals surface area contributed by atoms with E-state index in [0.29, 0.717) is 5.82 Å². The van der Waals surface area contributed by atoms with Crippen LogP contribution >= 0.6 is 0 Å². The van der Waals surface area contributed by atoms with Crippen LogP contribution in [0.15, 0.2) is 18.3 Å². The summed E-state index contributed by atoms with van der Waals surface area (Å²) in [4.78, 5) is 6.10. The molecule has 1 N–H and O–H groups in total. The second kappa shape index (κ2) is 5.77. The van der Waals surface area contributed by atoms with E-state index in [1.165, 1.54) is 6.20 Å². The summed E-state index contributed by atoms with van der Waals surface area (Å²) in [6.07, 6.45) is -1.25. The third kappa shape index (κ3) is 3.37. The van der Waals surface area contributed by atoms with Gasteiger partial charge in [0.15, 0.2) is 0 Å². The van der Waals surface area contributed by atoms with Gasteiger partial charge in [0.2, 0.25) is 0 Å². The van der Waals surface area contributed by atoms with Crippen molar-refractivity contribution in [3.05, 3.63) is 23.9 Å². The predicted octanol–water partition coefficient (Wildman–Crippen LogP) is 2.68. The van der Waals surface area contributed by atoms with Gasteiger partial charge in [-0.3, -0.25) is 0 Å². The summed E-state index contributed by atoms with van der Waals surface area (Å²) >= 11 is 0. The van der Waals surface area contributed by atoms with Crippen LogP contribution in [0.2, 0.25) is 0 Å². The molecule has 19 heavy (non-hydrogen) atoms. The molecule has 0 spiro atoms. The second-order valence-electron chi connectivity index (χ2n) is 4.74. The predicted molar refractivity (Wildman–Crippen MR) is 68.2 cm³/mol.